The largest absolute Gasteiger partial charge is 0.320 e. The highest BCUT2D eigenvalue weighted by molar-refractivity contribution is 6.03. The summed E-state index contributed by atoms with van der Waals surface area (Å²) in [6.45, 7) is 1.72. The molecule has 0 atom stereocenters. The monoisotopic (exact) mass is 283 g/mol. The van der Waals surface area contributed by atoms with Gasteiger partial charge in [-0.2, -0.15) is 5.10 Å². The van der Waals surface area contributed by atoms with Crippen molar-refractivity contribution in [2.75, 3.05) is 18.4 Å². The predicted octanol–water partition coefficient (Wildman–Crippen LogP) is 0.551. The smallest absolute Gasteiger partial charge is 0.277 e. The third-order valence-electron chi connectivity index (χ3n) is 3.58. The van der Waals surface area contributed by atoms with Gasteiger partial charge in [0.15, 0.2) is 5.69 Å². The van der Waals surface area contributed by atoms with Gasteiger partial charge in [0.05, 0.1) is 24.0 Å². The van der Waals surface area contributed by atoms with E-state index in [0.29, 0.717) is 17.4 Å². The molecule has 1 aliphatic heterocycles. The van der Waals surface area contributed by atoms with E-state index < -0.39 is 0 Å². The second kappa shape index (κ2) is 4.67. The number of aromatic nitrogens is 5. The lowest BCUT2D eigenvalue weighted by molar-refractivity contribution is 0.102. The summed E-state index contributed by atoms with van der Waals surface area (Å²) < 4.78 is 1.73. The summed E-state index contributed by atoms with van der Waals surface area (Å²) in [5.41, 5.74) is 1.88. The van der Waals surface area contributed by atoms with Crippen LogP contribution in [0.25, 0.3) is 10.9 Å². The molecule has 4 rings (SSSR count). The van der Waals surface area contributed by atoms with Gasteiger partial charge in [-0.15, -0.1) is 5.10 Å². The van der Waals surface area contributed by atoms with Crippen LogP contribution in [0.5, 0.6) is 0 Å². The van der Waals surface area contributed by atoms with Gasteiger partial charge >= 0.3 is 0 Å². The van der Waals surface area contributed by atoms with Gasteiger partial charge < -0.3 is 10.6 Å². The lowest BCUT2D eigenvalue weighted by Gasteiger charge is -2.26. The van der Waals surface area contributed by atoms with Crippen molar-refractivity contribution in [3.05, 3.63) is 36.3 Å². The number of nitrogens with zero attached hydrogens (tertiary/aromatic N) is 4. The molecule has 0 unspecified atom stereocenters. The standard InChI is InChI=1S/C13H13N7O/c21-13(12-7-20(19-18-12)10-5-14-6-10)16-9-2-1-8-4-15-17-11(8)3-9/h1-4,7,10,14H,5-6H2,(H,15,17)(H,16,21). The van der Waals surface area contributed by atoms with Crippen LogP contribution in [0.3, 0.4) is 0 Å². The van der Waals surface area contributed by atoms with Crippen LogP contribution in [0.2, 0.25) is 0 Å². The zero-order valence-corrected chi connectivity index (χ0v) is 11.1. The summed E-state index contributed by atoms with van der Waals surface area (Å²) in [7, 11) is 0. The van der Waals surface area contributed by atoms with E-state index in [-0.39, 0.29) is 5.91 Å². The van der Waals surface area contributed by atoms with Crippen molar-refractivity contribution < 1.29 is 4.79 Å². The number of benzene rings is 1. The molecule has 1 aliphatic rings. The molecule has 0 spiro atoms. The fraction of sp³-hybridized carbons (Fsp3) is 0.231. The van der Waals surface area contributed by atoms with Crippen LogP contribution in [0.4, 0.5) is 5.69 Å². The average molecular weight is 283 g/mol. The van der Waals surface area contributed by atoms with Crippen molar-refractivity contribution in [3.63, 3.8) is 0 Å². The summed E-state index contributed by atoms with van der Waals surface area (Å²) in [5, 5.41) is 21.7. The highest BCUT2D eigenvalue weighted by atomic mass is 16.2. The van der Waals surface area contributed by atoms with Crippen LogP contribution in [-0.2, 0) is 0 Å². The van der Waals surface area contributed by atoms with Crippen LogP contribution >= 0.6 is 0 Å². The van der Waals surface area contributed by atoms with Gasteiger partial charge in [0.2, 0.25) is 0 Å². The van der Waals surface area contributed by atoms with Crippen LogP contribution in [0.1, 0.15) is 16.5 Å². The molecule has 106 valence electrons. The van der Waals surface area contributed by atoms with Gasteiger partial charge in [-0.05, 0) is 18.2 Å². The number of carbonyl (C=O) groups is 1. The molecule has 0 aliphatic carbocycles. The summed E-state index contributed by atoms with van der Waals surface area (Å²) in [4.78, 5) is 12.2. The van der Waals surface area contributed by atoms with E-state index in [0.717, 1.165) is 24.0 Å². The number of carbonyl (C=O) groups excluding carboxylic acids is 1. The zero-order valence-electron chi connectivity index (χ0n) is 11.1. The fourth-order valence-corrected chi connectivity index (χ4v) is 2.23. The van der Waals surface area contributed by atoms with Crippen molar-refractivity contribution in [1.29, 1.82) is 0 Å². The number of aromatic amines is 1. The molecule has 3 heterocycles. The third kappa shape index (κ3) is 2.15. The van der Waals surface area contributed by atoms with Crippen LogP contribution in [0, 0.1) is 0 Å². The first kappa shape index (κ1) is 12.0. The quantitative estimate of drug-likeness (QED) is 0.651. The lowest BCUT2D eigenvalue weighted by atomic mass is 10.2. The number of nitrogens with one attached hydrogen (secondary N) is 3. The zero-order chi connectivity index (χ0) is 14.2. The van der Waals surface area contributed by atoms with Crippen LogP contribution in [0.15, 0.2) is 30.6 Å². The summed E-state index contributed by atoms with van der Waals surface area (Å²) in [6.07, 6.45) is 3.41. The van der Waals surface area contributed by atoms with Crippen LogP contribution in [-0.4, -0.2) is 44.2 Å². The van der Waals surface area contributed by atoms with Gasteiger partial charge in [0.1, 0.15) is 0 Å². The lowest BCUT2D eigenvalue weighted by Crippen LogP contribution is -2.43. The van der Waals surface area contributed by atoms with E-state index in [1.54, 1.807) is 17.1 Å². The third-order valence-corrected chi connectivity index (χ3v) is 3.58. The minimum atomic E-state index is -0.271. The number of hydrogen-bond acceptors (Lipinski definition) is 5. The number of amides is 1. The van der Waals surface area contributed by atoms with Gasteiger partial charge in [-0.1, -0.05) is 5.21 Å². The maximum Gasteiger partial charge on any atom is 0.277 e. The van der Waals surface area contributed by atoms with Gasteiger partial charge in [-0.3, -0.25) is 9.89 Å². The van der Waals surface area contributed by atoms with Crippen molar-refractivity contribution in [3.8, 4) is 0 Å². The fourth-order valence-electron chi connectivity index (χ4n) is 2.23. The molecule has 0 radical (unpaired) electrons. The first-order valence-electron chi connectivity index (χ1n) is 6.66. The van der Waals surface area contributed by atoms with E-state index in [9.17, 15) is 4.79 Å². The Labute approximate surface area is 119 Å². The van der Waals surface area contributed by atoms with E-state index in [1.165, 1.54) is 0 Å². The highest BCUT2D eigenvalue weighted by Gasteiger charge is 2.21. The summed E-state index contributed by atoms with van der Waals surface area (Å²) in [6, 6.07) is 5.85. The molecular weight excluding hydrogens is 270 g/mol. The molecule has 1 amide bonds. The molecular formula is C13H13N7O. The van der Waals surface area contributed by atoms with Crippen LogP contribution < -0.4 is 10.6 Å². The minimum Gasteiger partial charge on any atom is -0.320 e. The topological polar surface area (TPSA) is 101 Å². The number of anilines is 1. The SMILES string of the molecule is O=C(Nc1ccc2cn[nH]c2c1)c1cn(C2CNC2)nn1. The molecule has 1 saturated heterocycles. The molecule has 3 aromatic rings. The molecule has 8 nitrogen and oxygen atoms in total. The molecule has 0 saturated carbocycles. The Balaban J connectivity index is 1.52. The minimum absolute atomic E-state index is 0.271. The Morgan fingerprint density at radius 3 is 3.10 bits per heavy atom. The Morgan fingerprint density at radius 2 is 2.29 bits per heavy atom. The number of fused-ring (bicyclic) bond motifs is 1. The first-order chi connectivity index (χ1) is 10.3. The van der Waals surface area contributed by atoms with Crippen molar-refractivity contribution in [2.45, 2.75) is 6.04 Å². The van der Waals surface area contributed by atoms with E-state index in [1.807, 2.05) is 18.2 Å². The van der Waals surface area contributed by atoms with Gasteiger partial charge in [0, 0.05) is 24.2 Å². The summed E-state index contributed by atoms with van der Waals surface area (Å²) in [5.74, 6) is -0.271. The van der Waals surface area contributed by atoms with Gasteiger partial charge in [-0.25, -0.2) is 4.68 Å². The van der Waals surface area contributed by atoms with E-state index in [2.05, 4.69) is 31.1 Å². The maximum absolute atomic E-state index is 12.2. The average Bonchev–Trinajstić information content (AvgIpc) is 3.04. The molecule has 3 N–H and O–H groups in total. The highest BCUT2D eigenvalue weighted by Crippen LogP contribution is 2.17. The summed E-state index contributed by atoms with van der Waals surface area (Å²) >= 11 is 0. The second-order valence-corrected chi connectivity index (χ2v) is 5.02. The van der Waals surface area contributed by atoms with Gasteiger partial charge in [0.25, 0.3) is 5.91 Å². The van der Waals surface area contributed by atoms with Crippen molar-refractivity contribution >= 4 is 22.5 Å². The first-order valence-corrected chi connectivity index (χ1v) is 6.66. The normalized spacial score (nSPS) is 15.0. The Morgan fingerprint density at radius 1 is 1.38 bits per heavy atom. The van der Waals surface area contributed by atoms with E-state index >= 15 is 0 Å². The Kier molecular flexibility index (Phi) is 2.68. The number of hydrogen-bond donors (Lipinski definition) is 3. The Bertz CT molecular complexity index is 802. The van der Waals surface area contributed by atoms with Crippen molar-refractivity contribution in [2.24, 2.45) is 0 Å². The maximum atomic E-state index is 12.2. The second-order valence-electron chi connectivity index (χ2n) is 5.02. The van der Waals surface area contributed by atoms with E-state index in [4.69, 9.17) is 0 Å². The predicted molar refractivity (Wildman–Crippen MR) is 76.0 cm³/mol. The Hall–Kier alpha value is -2.74. The van der Waals surface area contributed by atoms with Crippen molar-refractivity contribution in [1.82, 2.24) is 30.5 Å². The molecule has 21 heavy (non-hydrogen) atoms. The molecule has 1 aromatic carbocycles. The molecule has 8 heteroatoms. The molecule has 2 aromatic heterocycles. The number of rotatable bonds is 3. The number of H-pyrrole nitrogens is 1. The molecule has 0 bridgehead atoms. The molecule has 1 fully saturated rings.